The standard InChI is InChI=1S/C13H6ClF3N2/c14-11-7(2-1-3-8(11)16)13-18-10-5-6(15)4-9(17)12(10)19-13/h1-5H,(H,18,19). The van der Waals surface area contributed by atoms with Crippen LogP contribution >= 0.6 is 11.6 Å². The van der Waals surface area contributed by atoms with E-state index in [0.29, 0.717) is 0 Å². The lowest BCUT2D eigenvalue weighted by atomic mass is 10.2. The molecule has 0 unspecified atom stereocenters. The molecule has 0 fully saturated rings. The molecule has 0 bridgehead atoms. The number of benzene rings is 2. The van der Waals surface area contributed by atoms with Gasteiger partial charge in [-0.25, -0.2) is 18.2 Å². The number of nitrogens with zero attached hydrogens (tertiary/aromatic N) is 1. The van der Waals surface area contributed by atoms with Crippen LogP contribution in [0.3, 0.4) is 0 Å². The minimum Gasteiger partial charge on any atom is -0.338 e. The lowest BCUT2D eigenvalue weighted by Crippen LogP contribution is -1.85. The molecule has 1 N–H and O–H groups in total. The molecule has 3 aromatic rings. The van der Waals surface area contributed by atoms with E-state index in [-0.39, 0.29) is 27.4 Å². The quantitative estimate of drug-likeness (QED) is 0.708. The van der Waals surface area contributed by atoms with E-state index >= 15 is 0 Å². The van der Waals surface area contributed by atoms with Gasteiger partial charge in [0.25, 0.3) is 0 Å². The predicted octanol–water partition coefficient (Wildman–Crippen LogP) is 4.30. The summed E-state index contributed by atoms with van der Waals surface area (Å²) >= 11 is 5.82. The third kappa shape index (κ3) is 1.96. The molecule has 19 heavy (non-hydrogen) atoms. The Bertz CT molecular complexity index is 783. The first-order valence-electron chi connectivity index (χ1n) is 5.35. The minimum absolute atomic E-state index is 0.0169. The van der Waals surface area contributed by atoms with Gasteiger partial charge in [0.2, 0.25) is 0 Å². The highest BCUT2D eigenvalue weighted by atomic mass is 35.5. The van der Waals surface area contributed by atoms with Gasteiger partial charge < -0.3 is 4.98 Å². The maximum atomic E-state index is 13.5. The molecule has 6 heteroatoms. The Morgan fingerprint density at radius 1 is 1.05 bits per heavy atom. The molecule has 2 nitrogen and oxygen atoms in total. The zero-order chi connectivity index (χ0) is 13.6. The van der Waals surface area contributed by atoms with Crippen LogP contribution in [0.5, 0.6) is 0 Å². The molecule has 0 aliphatic rings. The van der Waals surface area contributed by atoms with E-state index in [0.717, 1.165) is 12.1 Å². The van der Waals surface area contributed by atoms with Crippen molar-refractivity contribution in [1.29, 1.82) is 0 Å². The van der Waals surface area contributed by atoms with Crippen molar-refractivity contribution in [2.24, 2.45) is 0 Å². The maximum absolute atomic E-state index is 13.5. The number of aromatic amines is 1. The molecule has 3 rings (SSSR count). The number of aromatic nitrogens is 2. The van der Waals surface area contributed by atoms with Crippen LogP contribution in [-0.2, 0) is 0 Å². The number of imidazole rings is 1. The minimum atomic E-state index is -0.787. The van der Waals surface area contributed by atoms with E-state index in [1.54, 1.807) is 0 Å². The van der Waals surface area contributed by atoms with Gasteiger partial charge in [0.05, 0.1) is 10.5 Å². The van der Waals surface area contributed by atoms with Crippen molar-refractivity contribution in [3.8, 4) is 11.4 Å². The summed E-state index contributed by atoms with van der Waals surface area (Å²) in [5, 5.41) is -0.123. The van der Waals surface area contributed by atoms with Gasteiger partial charge >= 0.3 is 0 Å². The topological polar surface area (TPSA) is 28.7 Å². The van der Waals surface area contributed by atoms with Crippen molar-refractivity contribution >= 4 is 22.6 Å². The summed E-state index contributed by atoms with van der Waals surface area (Å²) in [7, 11) is 0. The van der Waals surface area contributed by atoms with E-state index in [2.05, 4.69) is 9.97 Å². The lowest BCUT2D eigenvalue weighted by Gasteiger charge is -2.00. The number of halogens is 4. The predicted molar refractivity (Wildman–Crippen MR) is 66.4 cm³/mol. The Morgan fingerprint density at radius 2 is 1.84 bits per heavy atom. The second kappa shape index (κ2) is 4.28. The van der Waals surface area contributed by atoms with Crippen LogP contribution < -0.4 is 0 Å². The van der Waals surface area contributed by atoms with Crippen molar-refractivity contribution in [1.82, 2.24) is 9.97 Å². The second-order valence-electron chi connectivity index (χ2n) is 3.97. The summed E-state index contributed by atoms with van der Waals surface area (Å²) in [6.45, 7) is 0. The van der Waals surface area contributed by atoms with Crippen LogP contribution in [0.4, 0.5) is 13.2 Å². The van der Waals surface area contributed by atoms with Crippen molar-refractivity contribution in [3.63, 3.8) is 0 Å². The second-order valence-corrected chi connectivity index (χ2v) is 4.35. The van der Waals surface area contributed by atoms with Crippen molar-refractivity contribution in [2.75, 3.05) is 0 Å². The highest BCUT2D eigenvalue weighted by molar-refractivity contribution is 6.33. The monoisotopic (exact) mass is 282 g/mol. The summed E-state index contributed by atoms with van der Waals surface area (Å²) in [5.74, 6) is -1.93. The first-order valence-corrected chi connectivity index (χ1v) is 5.73. The number of H-pyrrole nitrogens is 1. The normalized spacial score (nSPS) is 11.2. The van der Waals surface area contributed by atoms with E-state index in [1.807, 2.05) is 0 Å². The zero-order valence-corrected chi connectivity index (χ0v) is 10.1. The van der Waals surface area contributed by atoms with Gasteiger partial charge in [-0.2, -0.15) is 0 Å². The smallest absolute Gasteiger partial charge is 0.153 e. The summed E-state index contributed by atoms with van der Waals surface area (Å²) < 4.78 is 40.0. The number of fused-ring (bicyclic) bond motifs is 1. The van der Waals surface area contributed by atoms with E-state index in [1.165, 1.54) is 18.2 Å². The van der Waals surface area contributed by atoms with Gasteiger partial charge in [0.15, 0.2) is 5.82 Å². The molecule has 0 amide bonds. The molecular weight excluding hydrogens is 277 g/mol. The average Bonchev–Trinajstić information content (AvgIpc) is 2.76. The summed E-state index contributed by atoms with van der Waals surface area (Å²) in [6, 6.07) is 6.05. The maximum Gasteiger partial charge on any atom is 0.153 e. The first-order chi connectivity index (χ1) is 9.06. The van der Waals surface area contributed by atoms with Gasteiger partial charge in [-0.1, -0.05) is 17.7 Å². The van der Waals surface area contributed by atoms with Crippen LogP contribution in [0.25, 0.3) is 22.4 Å². The summed E-state index contributed by atoms with van der Waals surface area (Å²) in [6.07, 6.45) is 0. The first kappa shape index (κ1) is 12.0. The van der Waals surface area contributed by atoms with Crippen LogP contribution in [-0.4, -0.2) is 9.97 Å². The third-order valence-electron chi connectivity index (χ3n) is 2.71. The van der Waals surface area contributed by atoms with Crippen LogP contribution in [0, 0.1) is 17.5 Å². The molecule has 0 atom stereocenters. The molecule has 2 aromatic carbocycles. The Labute approximate surface area is 110 Å². The molecule has 0 saturated carbocycles. The summed E-state index contributed by atoms with van der Waals surface area (Å²) in [4.78, 5) is 6.70. The Hall–Kier alpha value is -2.01. The van der Waals surface area contributed by atoms with E-state index in [9.17, 15) is 13.2 Å². The van der Waals surface area contributed by atoms with Gasteiger partial charge in [0.1, 0.15) is 23.0 Å². The summed E-state index contributed by atoms with van der Waals surface area (Å²) in [5.41, 5.74) is 0.460. The molecular formula is C13H6ClF3N2. The molecule has 96 valence electrons. The van der Waals surface area contributed by atoms with Gasteiger partial charge in [-0.15, -0.1) is 0 Å². The highest BCUT2D eigenvalue weighted by Gasteiger charge is 2.14. The lowest BCUT2D eigenvalue weighted by molar-refractivity contribution is 0.591. The van der Waals surface area contributed by atoms with Gasteiger partial charge in [-0.05, 0) is 18.2 Å². The third-order valence-corrected chi connectivity index (χ3v) is 3.10. The fourth-order valence-electron chi connectivity index (χ4n) is 1.86. The molecule has 1 aromatic heterocycles. The average molecular weight is 283 g/mol. The molecule has 0 aliphatic carbocycles. The largest absolute Gasteiger partial charge is 0.338 e. The van der Waals surface area contributed by atoms with Crippen LogP contribution in [0.1, 0.15) is 0 Å². The number of nitrogens with one attached hydrogen (secondary N) is 1. The number of hydrogen-bond acceptors (Lipinski definition) is 1. The Morgan fingerprint density at radius 3 is 2.63 bits per heavy atom. The van der Waals surface area contributed by atoms with Crippen molar-refractivity contribution in [3.05, 3.63) is 52.8 Å². The molecule has 0 aliphatic heterocycles. The fraction of sp³-hybridized carbons (Fsp3) is 0. The van der Waals surface area contributed by atoms with Crippen LogP contribution in [0.2, 0.25) is 5.02 Å². The van der Waals surface area contributed by atoms with E-state index in [4.69, 9.17) is 11.6 Å². The molecule has 0 radical (unpaired) electrons. The van der Waals surface area contributed by atoms with Gasteiger partial charge in [-0.3, -0.25) is 0 Å². The fourth-order valence-corrected chi connectivity index (χ4v) is 2.07. The highest BCUT2D eigenvalue weighted by Crippen LogP contribution is 2.30. The van der Waals surface area contributed by atoms with Crippen LogP contribution in [0.15, 0.2) is 30.3 Å². The molecule has 0 saturated heterocycles. The van der Waals surface area contributed by atoms with Crippen molar-refractivity contribution < 1.29 is 13.2 Å². The number of hydrogen-bond donors (Lipinski definition) is 1. The Balaban J connectivity index is 2.26. The SMILES string of the molecule is Fc1cc(F)c2nc(-c3cccc(F)c3Cl)[nH]c2c1. The van der Waals surface area contributed by atoms with E-state index < -0.39 is 17.5 Å². The molecule has 1 heterocycles. The van der Waals surface area contributed by atoms with Crippen molar-refractivity contribution in [2.45, 2.75) is 0 Å². The zero-order valence-electron chi connectivity index (χ0n) is 9.35. The number of rotatable bonds is 1. The van der Waals surface area contributed by atoms with Gasteiger partial charge in [0, 0.05) is 11.6 Å². The molecule has 0 spiro atoms. The Kier molecular flexibility index (Phi) is 2.71.